The van der Waals surface area contributed by atoms with Crippen molar-refractivity contribution < 1.29 is 28.6 Å². The minimum absolute atomic E-state index is 0.0266. The van der Waals surface area contributed by atoms with E-state index in [0.717, 1.165) is 11.1 Å². The maximum Gasteiger partial charge on any atom is 0.333 e. The SMILES string of the molecule is CO[C@@H](Cc1ccc(C#CCOc2ccc(C(=O)c3ccccc3F)cc2)cc1)C(=O)O. The number of halogens is 1. The van der Waals surface area contributed by atoms with E-state index < -0.39 is 23.7 Å². The number of ketones is 1. The van der Waals surface area contributed by atoms with E-state index in [1.54, 1.807) is 42.5 Å². The third-order valence-corrected chi connectivity index (χ3v) is 4.71. The van der Waals surface area contributed by atoms with Crippen LogP contribution in [-0.4, -0.2) is 36.7 Å². The lowest BCUT2D eigenvalue weighted by molar-refractivity contribution is -0.148. The highest BCUT2D eigenvalue weighted by Gasteiger charge is 2.16. The summed E-state index contributed by atoms with van der Waals surface area (Å²) in [6.45, 7) is 0.146. The third-order valence-electron chi connectivity index (χ3n) is 4.71. The molecule has 0 aliphatic heterocycles. The zero-order valence-corrected chi connectivity index (χ0v) is 17.4. The van der Waals surface area contributed by atoms with Gasteiger partial charge in [-0.2, -0.15) is 0 Å². The number of hydrogen-bond acceptors (Lipinski definition) is 4. The van der Waals surface area contributed by atoms with Crippen LogP contribution in [0.4, 0.5) is 4.39 Å². The first kappa shape index (κ1) is 22.7. The molecular weight excluding hydrogens is 411 g/mol. The summed E-state index contributed by atoms with van der Waals surface area (Å²) in [6.07, 6.45) is -0.605. The summed E-state index contributed by atoms with van der Waals surface area (Å²) < 4.78 is 24.3. The summed E-state index contributed by atoms with van der Waals surface area (Å²) in [5.74, 6) is 4.47. The number of aliphatic carboxylic acids is 1. The maximum absolute atomic E-state index is 13.8. The van der Waals surface area contributed by atoms with Gasteiger partial charge in [0.25, 0.3) is 0 Å². The standard InChI is InChI=1S/C26H21FO5/c1-31-24(26(29)30)17-19-10-8-18(9-11-19)5-4-16-32-21-14-12-20(13-15-21)25(28)22-6-2-3-7-23(22)27/h2-3,6-15,24H,16-17H2,1H3,(H,29,30)/t24-/m0/s1. The van der Waals surface area contributed by atoms with Crippen molar-refractivity contribution in [3.05, 3.63) is 101 Å². The Balaban J connectivity index is 1.53. The fraction of sp³-hybridized carbons (Fsp3) is 0.154. The molecule has 0 aromatic heterocycles. The number of benzene rings is 3. The quantitative estimate of drug-likeness (QED) is 0.428. The van der Waals surface area contributed by atoms with Gasteiger partial charge >= 0.3 is 5.97 Å². The van der Waals surface area contributed by atoms with Crippen molar-refractivity contribution in [3.63, 3.8) is 0 Å². The van der Waals surface area contributed by atoms with E-state index in [1.807, 2.05) is 12.1 Å². The smallest absolute Gasteiger partial charge is 0.333 e. The van der Waals surface area contributed by atoms with E-state index in [4.69, 9.17) is 14.6 Å². The number of rotatable bonds is 8. The van der Waals surface area contributed by atoms with Crippen LogP contribution in [0.2, 0.25) is 0 Å². The highest BCUT2D eigenvalue weighted by molar-refractivity contribution is 6.09. The van der Waals surface area contributed by atoms with Gasteiger partial charge in [0.15, 0.2) is 11.9 Å². The van der Waals surface area contributed by atoms with Crippen molar-refractivity contribution in [1.29, 1.82) is 0 Å². The second-order valence-corrected chi connectivity index (χ2v) is 6.89. The summed E-state index contributed by atoms with van der Waals surface area (Å²) in [6, 6.07) is 19.5. The molecular formula is C26H21FO5. The lowest BCUT2D eigenvalue weighted by atomic mass is 10.0. The minimum atomic E-state index is -1.00. The number of carbonyl (C=O) groups excluding carboxylic acids is 1. The van der Waals surface area contributed by atoms with Crippen molar-refractivity contribution >= 4 is 11.8 Å². The average molecular weight is 432 g/mol. The molecule has 0 bridgehead atoms. The van der Waals surface area contributed by atoms with Gasteiger partial charge in [-0.05, 0) is 54.1 Å². The van der Waals surface area contributed by atoms with Crippen LogP contribution in [-0.2, 0) is 16.0 Å². The molecule has 1 N–H and O–H groups in total. The van der Waals surface area contributed by atoms with Crippen molar-refractivity contribution in [2.45, 2.75) is 12.5 Å². The van der Waals surface area contributed by atoms with Crippen molar-refractivity contribution in [2.24, 2.45) is 0 Å². The van der Waals surface area contributed by atoms with Crippen LogP contribution in [0.25, 0.3) is 0 Å². The predicted octanol–water partition coefficient (Wildman–Crippen LogP) is 4.13. The van der Waals surface area contributed by atoms with E-state index in [1.165, 1.54) is 25.3 Å². The van der Waals surface area contributed by atoms with Crippen LogP contribution >= 0.6 is 0 Å². The van der Waals surface area contributed by atoms with E-state index in [2.05, 4.69) is 11.8 Å². The van der Waals surface area contributed by atoms with Gasteiger partial charge < -0.3 is 14.6 Å². The topological polar surface area (TPSA) is 72.8 Å². The zero-order valence-electron chi connectivity index (χ0n) is 17.4. The predicted molar refractivity (Wildman–Crippen MR) is 117 cm³/mol. The molecule has 6 heteroatoms. The highest BCUT2D eigenvalue weighted by Crippen LogP contribution is 2.17. The Morgan fingerprint density at radius 1 is 1.00 bits per heavy atom. The second-order valence-electron chi connectivity index (χ2n) is 6.89. The summed E-state index contributed by atoms with van der Waals surface area (Å²) in [5, 5.41) is 9.04. The fourth-order valence-electron chi connectivity index (χ4n) is 2.97. The van der Waals surface area contributed by atoms with Crippen LogP contribution in [0, 0.1) is 17.7 Å². The summed E-state index contributed by atoms with van der Waals surface area (Å²) in [5.41, 5.74) is 2.00. The molecule has 0 saturated carbocycles. The Hall–Kier alpha value is -3.95. The van der Waals surface area contributed by atoms with Gasteiger partial charge in [0.05, 0.1) is 5.56 Å². The molecule has 0 saturated heterocycles. The molecule has 0 spiro atoms. The molecule has 0 amide bonds. The van der Waals surface area contributed by atoms with Crippen LogP contribution < -0.4 is 4.74 Å². The summed E-state index contributed by atoms with van der Waals surface area (Å²) in [7, 11) is 1.37. The normalized spacial score (nSPS) is 11.2. The van der Waals surface area contributed by atoms with Gasteiger partial charge in [0.1, 0.15) is 18.2 Å². The van der Waals surface area contributed by atoms with Crippen molar-refractivity contribution in [2.75, 3.05) is 13.7 Å². The molecule has 3 rings (SSSR count). The van der Waals surface area contributed by atoms with Gasteiger partial charge in [-0.25, -0.2) is 9.18 Å². The van der Waals surface area contributed by atoms with E-state index >= 15 is 0 Å². The number of hydrogen-bond donors (Lipinski definition) is 1. The van der Waals surface area contributed by atoms with E-state index in [0.29, 0.717) is 11.3 Å². The molecule has 0 heterocycles. The average Bonchev–Trinajstić information content (AvgIpc) is 2.81. The van der Waals surface area contributed by atoms with Gasteiger partial charge in [-0.1, -0.05) is 36.1 Å². The van der Waals surface area contributed by atoms with Crippen LogP contribution in [0.15, 0.2) is 72.8 Å². The van der Waals surface area contributed by atoms with Gasteiger partial charge in [-0.3, -0.25) is 4.79 Å². The first-order valence-corrected chi connectivity index (χ1v) is 9.83. The third kappa shape index (κ3) is 6.03. The lowest BCUT2D eigenvalue weighted by Gasteiger charge is -2.10. The Morgan fingerprint density at radius 3 is 2.31 bits per heavy atom. The highest BCUT2D eigenvalue weighted by atomic mass is 19.1. The number of carbonyl (C=O) groups is 2. The molecule has 0 radical (unpaired) electrons. The molecule has 1 atom stereocenters. The van der Waals surface area contributed by atoms with Crippen LogP contribution in [0.1, 0.15) is 27.0 Å². The second kappa shape index (κ2) is 10.9. The Labute approximate surface area is 185 Å². The van der Waals surface area contributed by atoms with E-state index in [-0.39, 0.29) is 18.6 Å². The van der Waals surface area contributed by atoms with Crippen LogP contribution in [0.3, 0.4) is 0 Å². The molecule has 0 fully saturated rings. The van der Waals surface area contributed by atoms with Crippen molar-refractivity contribution in [1.82, 2.24) is 0 Å². The number of carboxylic acids is 1. The molecule has 0 aliphatic carbocycles. The minimum Gasteiger partial charge on any atom is -0.481 e. The molecule has 5 nitrogen and oxygen atoms in total. The van der Waals surface area contributed by atoms with Gasteiger partial charge in [0.2, 0.25) is 0 Å². The Bertz CT molecular complexity index is 1140. The number of carboxylic acid groups (broad SMARTS) is 1. The largest absolute Gasteiger partial charge is 0.481 e. The van der Waals surface area contributed by atoms with Gasteiger partial charge in [-0.15, -0.1) is 0 Å². The maximum atomic E-state index is 13.8. The molecule has 0 aliphatic rings. The monoisotopic (exact) mass is 432 g/mol. The Morgan fingerprint density at radius 2 is 1.69 bits per heavy atom. The lowest BCUT2D eigenvalue weighted by Crippen LogP contribution is -2.24. The van der Waals surface area contributed by atoms with Crippen molar-refractivity contribution in [3.8, 4) is 17.6 Å². The van der Waals surface area contributed by atoms with Gasteiger partial charge in [0, 0.05) is 24.7 Å². The Kier molecular flexibility index (Phi) is 7.74. The number of ether oxygens (including phenoxy) is 2. The summed E-state index contributed by atoms with van der Waals surface area (Å²) >= 11 is 0. The zero-order chi connectivity index (χ0) is 22.9. The fourth-order valence-corrected chi connectivity index (χ4v) is 2.97. The molecule has 3 aromatic carbocycles. The first-order valence-electron chi connectivity index (χ1n) is 9.83. The first-order chi connectivity index (χ1) is 15.5. The summed E-state index contributed by atoms with van der Waals surface area (Å²) in [4.78, 5) is 23.4. The molecule has 32 heavy (non-hydrogen) atoms. The van der Waals surface area contributed by atoms with E-state index in [9.17, 15) is 14.0 Å². The molecule has 162 valence electrons. The van der Waals surface area contributed by atoms with Crippen LogP contribution in [0.5, 0.6) is 5.75 Å². The molecule has 0 unspecified atom stereocenters. The number of methoxy groups -OCH3 is 1. The molecule has 3 aromatic rings.